The maximum absolute atomic E-state index is 13.0. The van der Waals surface area contributed by atoms with Crippen LogP contribution in [0.5, 0.6) is 0 Å². The van der Waals surface area contributed by atoms with Gasteiger partial charge in [0.15, 0.2) is 5.76 Å². The van der Waals surface area contributed by atoms with Gasteiger partial charge in [-0.05, 0) is 43.3 Å². The van der Waals surface area contributed by atoms with Crippen LogP contribution in [0.3, 0.4) is 0 Å². The molecule has 3 aromatic rings. The van der Waals surface area contributed by atoms with E-state index in [4.69, 9.17) is 20.8 Å². The zero-order valence-electron chi connectivity index (χ0n) is 16.5. The highest BCUT2D eigenvalue weighted by Gasteiger charge is 2.17. The molecule has 0 saturated carbocycles. The minimum atomic E-state index is -0.124. The molecule has 6 nitrogen and oxygen atoms in total. The summed E-state index contributed by atoms with van der Waals surface area (Å²) in [5.74, 6) is 1.32. The molecule has 0 atom stereocenters. The number of hydrogen-bond acceptors (Lipinski definition) is 4. The van der Waals surface area contributed by atoms with Gasteiger partial charge in [-0.2, -0.15) is 0 Å². The van der Waals surface area contributed by atoms with Gasteiger partial charge in [0, 0.05) is 23.4 Å². The molecule has 1 aromatic carbocycles. The molecule has 0 spiro atoms. The lowest BCUT2D eigenvalue weighted by molar-refractivity contribution is -0.908. The lowest BCUT2D eigenvalue weighted by atomic mass is 10.1. The van der Waals surface area contributed by atoms with Crippen molar-refractivity contribution in [2.24, 2.45) is 0 Å². The molecule has 1 aliphatic heterocycles. The predicted molar refractivity (Wildman–Crippen MR) is 113 cm³/mol. The molecular formula is C22H25ClN3O3+. The van der Waals surface area contributed by atoms with Crippen molar-refractivity contribution < 1.29 is 18.8 Å². The van der Waals surface area contributed by atoms with Crippen LogP contribution >= 0.6 is 11.6 Å². The number of fused-ring (bicyclic) bond motifs is 1. The van der Waals surface area contributed by atoms with Crippen LogP contribution in [0.1, 0.15) is 22.5 Å². The average Bonchev–Trinajstić information content (AvgIpc) is 3.17. The van der Waals surface area contributed by atoms with Gasteiger partial charge in [-0.15, -0.1) is 0 Å². The second kappa shape index (κ2) is 8.95. The number of halogens is 1. The fourth-order valence-electron chi connectivity index (χ4n) is 3.63. The van der Waals surface area contributed by atoms with Crippen LogP contribution in [0, 0.1) is 6.92 Å². The molecule has 2 N–H and O–H groups in total. The monoisotopic (exact) mass is 414 g/mol. The molecule has 0 aliphatic carbocycles. The number of pyridine rings is 1. The Hall–Kier alpha value is -2.41. The zero-order chi connectivity index (χ0) is 20.2. The highest BCUT2D eigenvalue weighted by molar-refractivity contribution is 6.31. The van der Waals surface area contributed by atoms with E-state index in [9.17, 15) is 4.79 Å². The van der Waals surface area contributed by atoms with Gasteiger partial charge < -0.3 is 19.4 Å². The van der Waals surface area contributed by atoms with Crippen molar-refractivity contribution in [3.8, 4) is 11.5 Å². The summed E-state index contributed by atoms with van der Waals surface area (Å²) in [6.07, 6.45) is 0.926. The van der Waals surface area contributed by atoms with Gasteiger partial charge in [-0.3, -0.25) is 4.79 Å². The number of carbonyl (C=O) groups is 1. The molecule has 7 heteroatoms. The van der Waals surface area contributed by atoms with E-state index in [-0.39, 0.29) is 5.91 Å². The lowest BCUT2D eigenvalue weighted by Crippen LogP contribution is -3.14. The number of furan rings is 1. The van der Waals surface area contributed by atoms with Crippen LogP contribution in [0.2, 0.25) is 5.02 Å². The minimum absolute atomic E-state index is 0.124. The number of hydrogen-bond donors (Lipinski definition) is 2. The number of nitrogens with one attached hydrogen (secondary N) is 2. The number of morpholine rings is 1. The molecule has 152 valence electrons. The quantitative estimate of drug-likeness (QED) is 0.608. The number of amides is 1. The Morgan fingerprint density at radius 3 is 2.79 bits per heavy atom. The maximum Gasteiger partial charge on any atom is 0.252 e. The van der Waals surface area contributed by atoms with Crippen molar-refractivity contribution in [1.82, 2.24) is 10.3 Å². The van der Waals surface area contributed by atoms with Crippen molar-refractivity contribution in [2.75, 3.05) is 39.4 Å². The van der Waals surface area contributed by atoms with Crippen molar-refractivity contribution >= 4 is 28.4 Å². The van der Waals surface area contributed by atoms with E-state index >= 15 is 0 Å². The number of benzene rings is 1. The van der Waals surface area contributed by atoms with Crippen molar-refractivity contribution in [2.45, 2.75) is 13.3 Å². The summed E-state index contributed by atoms with van der Waals surface area (Å²) in [7, 11) is 0. The summed E-state index contributed by atoms with van der Waals surface area (Å²) in [5, 5.41) is 4.36. The second-order valence-electron chi connectivity index (χ2n) is 7.35. The first kappa shape index (κ1) is 19.9. The minimum Gasteiger partial charge on any atom is -0.460 e. The van der Waals surface area contributed by atoms with Gasteiger partial charge in [-0.1, -0.05) is 11.6 Å². The van der Waals surface area contributed by atoms with Crippen molar-refractivity contribution in [3.63, 3.8) is 0 Å². The first-order valence-corrected chi connectivity index (χ1v) is 10.3. The zero-order valence-corrected chi connectivity index (χ0v) is 17.2. The van der Waals surface area contributed by atoms with E-state index in [1.807, 2.05) is 25.1 Å². The van der Waals surface area contributed by atoms with Crippen LogP contribution in [0.25, 0.3) is 22.4 Å². The molecule has 2 aromatic heterocycles. The third kappa shape index (κ3) is 4.78. The number of rotatable bonds is 6. The Morgan fingerprint density at radius 2 is 2.03 bits per heavy atom. The van der Waals surface area contributed by atoms with Crippen LogP contribution in [0.15, 0.2) is 40.8 Å². The van der Waals surface area contributed by atoms with Crippen molar-refractivity contribution in [3.05, 3.63) is 52.7 Å². The molecule has 4 rings (SSSR count). The van der Waals surface area contributed by atoms with Gasteiger partial charge in [0.1, 0.15) is 24.5 Å². The number of aryl methyl sites for hydroxylation is 1. The molecule has 29 heavy (non-hydrogen) atoms. The smallest absolute Gasteiger partial charge is 0.252 e. The number of nitrogens with zero attached hydrogens (tertiary/aromatic N) is 1. The number of quaternary nitrogens is 1. The average molecular weight is 415 g/mol. The summed E-state index contributed by atoms with van der Waals surface area (Å²) < 4.78 is 11.1. The molecule has 1 saturated heterocycles. The van der Waals surface area contributed by atoms with Crippen LogP contribution in [-0.2, 0) is 4.74 Å². The first-order valence-electron chi connectivity index (χ1n) is 9.97. The van der Waals surface area contributed by atoms with E-state index in [1.165, 1.54) is 4.90 Å². The van der Waals surface area contributed by atoms with E-state index in [0.717, 1.165) is 50.4 Å². The molecule has 1 fully saturated rings. The summed E-state index contributed by atoms with van der Waals surface area (Å²) >= 11 is 6.18. The normalized spacial score (nSPS) is 15.0. The van der Waals surface area contributed by atoms with Crippen LogP contribution in [0.4, 0.5) is 0 Å². The number of aromatic nitrogens is 1. The highest BCUT2D eigenvalue weighted by atomic mass is 35.5. The largest absolute Gasteiger partial charge is 0.460 e. The second-order valence-corrected chi connectivity index (χ2v) is 7.79. The van der Waals surface area contributed by atoms with E-state index in [0.29, 0.717) is 34.1 Å². The van der Waals surface area contributed by atoms with Gasteiger partial charge >= 0.3 is 0 Å². The van der Waals surface area contributed by atoms with Crippen LogP contribution < -0.4 is 10.2 Å². The number of ether oxygens (including phenoxy) is 1. The Morgan fingerprint density at radius 1 is 1.21 bits per heavy atom. The molecular weight excluding hydrogens is 390 g/mol. The lowest BCUT2D eigenvalue weighted by Gasteiger charge is -2.23. The molecule has 1 aliphatic rings. The Bertz CT molecular complexity index is 1010. The summed E-state index contributed by atoms with van der Waals surface area (Å²) in [4.78, 5) is 19.2. The first-order chi connectivity index (χ1) is 14.1. The van der Waals surface area contributed by atoms with Crippen molar-refractivity contribution in [1.29, 1.82) is 0 Å². The summed E-state index contributed by atoms with van der Waals surface area (Å²) in [6.45, 7) is 7.25. The molecule has 0 unspecified atom stereocenters. The van der Waals surface area contributed by atoms with Gasteiger partial charge in [-0.25, -0.2) is 4.98 Å². The molecule has 0 bridgehead atoms. The van der Waals surface area contributed by atoms with Gasteiger partial charge in [0.2, 0.25) is 0 Å². The number of carbonyl (C=O) groups excluding carboxylic acids is 1. The molecule has 1 amide bonds. The van der Waals surface area contributed by atoms with E-state index < -0.39 is 0 Å². The van der Waals surface area contributed by atoms with E-state index in [1.54, 1.807) is 18.2 Å². The standard InChI is InChI=1S/C22H24ClN3O3/c1-15-3-6-21(29-15)20-14-18(17-13-16(23)4-5-19(17)25-20)22(27)24-7-2-8-26-9-11-28-12-10-26/h3-6,13-14H,2,7-12H2,1H3,(H,24,27)/p+1. The SMILES string of the molecule is Cc1ccc(-c2cc(C(=O)NCCC[NH+]3CCOCC3)c3cc(Cl)ccc3n2)o1. The summed E-state index contributed by atoms with van der Waals surface area (Å²) in [5.41, 5.74) is 1.90. The van der Waals surface area contributed by atoms with Crippen LogP contribution in [-0.4, -0.2) is 50.3 Å². The fourth-order valence-corrected chi connectivity index (χ4v) is 3.80. The van der Waals surface area contributed by atoms with Gasteiger partial charge in [0.05, 0.1) is 30.8 Å². The fraction of sp³-hybridized carbons (Fsp3) is 0.364. The predicted octanol–water partition coefficient (Wildman–Crippen LogP) is 2.49. The maximum atomic E-state index is 13.0. The third-order valence-corrected chi connectivity index (χ3v) is 5.44. The Balaban J connectivity index is 1.52. The molecule has 3 heterocycles. The summed E-state index contributed by atoms with van der Waals surface area (Å²) in [6, 6.07) is 10.9. The Labute approximate surface area is 174 Å². The Kier molecular flexibility index (Phi) is 6.13. The van der Waals surface area contributed by atoms with E-state index in [2.05, 4.69) is 10.3 Å². The topological polar surface area (TPSA) is 68.8 Å². The highest BCUT2D eigenvalue weighted by Crippen LogP contribution is 2.28. The van der Waals surface area contributed by atoms with Gasteiger partial charge in [0.25, 0.3) is 5.91 Å². The third-order valence-electron chi connectivity index (χ3n) is 5.20. The molecule has 0 radical (unpaired) electrons.